The molecule has 0 bridgehead atoms. The Kier molecular flexibility index (Phi) is 4.18. The number of benzene rings is 1. The van der Waals surface area contributed by atoms with E-state index in [1.165, 1.54) is 0 Å². The van der Waals surface area contributed by atoms with E-state index < -0.39 is 0 Å². The van der Waals surface area contributed by atoms with E-state index in [9.17, 15) is 4.79 Å². The van der Waals surface area contributed by atoms with Gasteiger partial charge in [0.25, 0.3) is 0 Å². The molecule has 3 N–H and O–H groups in total. The monoisotopic (exact) mass is 258 g/mol. The lowest BCUT2D eigenvalue weighted by molar-refractivity contribution is -0.116. The molecule has 19 heavy (non-hydrogen) atoms. The number of hydrogen-bond acceptors (Lipinski definition) is 3. The van der Waals surface area contributed by atoms with Crippen LogP contribution in [-0.4, -0.2) is 15.7 Å². The molecule has 0 spiro atoms. The van der Waals surface area contributed by atoms with E-state index in [-0.39, 0.29) is 5.91 Å². The Hall–Kier alpha value is -2.30. The van der Waals surface area contributed by atoms with Crippen molar-refractivity contribution in [3.05, 3.63) is 36.5 Å². The lowest BCUT2D eigenvalue weighted by atomic mass is 10.2. The van der Waals surface area contributed by atoms with Gasteiger partial charge in [0.15, 0.2) is 0 Å². The number of nitrogens with one attached hydrogen (secondary N) is 1. The molecule has 0 aliphatic rings. The van der Waals surface area contributed by atoms with Crippen LogP contribution in [0.15, 0.2) is 36.5 Å². The fraction of sp³-hybridized carbons (Fsp3) is 0.286. The zero-order valence-electron chi connectivity index (χ0n) is 11.0. The van der Waals surface area contributed by atoms with Crippen LogP contribution in [-0.2, 0) is 4.79 Å². The van der Waals surface area contributed by atoms with Gasteiger partial charge in [-0.3, -0.25) is 4.79 Å². The van der Waals surface area contributed by atoms with Gasteiger partial charge in [-0.1, -0.05) is 13.3 Å². The second kappa shape index (κ2) is 6.04. The van der Waals surface area contributed by atoms with Gasteiger partial charge in [0.1, 0.15) is 5.82 Å². The van der Waals surface area contributed by atoms with Crippen molar-refractivity contribution >= 4 is 17.4 Å². The van der Waals surface area contributed by atoms with Crippen molar-refractivity contribution in [2.75, 3.05) is 11.1 Å². The average molecular weight is 258 g/mol. The number of unbranched alkanes of at least 4 members (excludes halogenated alkanes) is 1. The first-order chi connectivity index (χ1) is 9.20. The maximum Gasteiger partial charge on any atom is 0.225 e. The Balaban J connectivity index is 2.13. The van der Waals surface area contributed by atoms with Crippen LogP contribution in [0.1, 0.15) is 26.2 Å². The van der Waals surface area contributed by atoms with Gasteiger partial charge in [-0.05, 0) is 30.7 Å². The number of nitrogens with zero attached hydrogens (tertiary/aromatic N) is 2. The third-order valence-electron chi connectivity index (χ3n) is 2.81. The van der Waals surface area contributed by atoms with Crippen molar-refractivity contribution in [1.29, 1.82) is 0 Å². The SMILES string of the molecule is CCCCC(=O)Nc1ccnn1-c1ccc(N)cc1. The molecule has 5 heteroatoms. The van der Waals surface area contributed by atoms with Crippen LogP contribution in [0.4, 0.5) is 11.5 Å². The van der Waals surface area contributed by atoms with Gasteiger partial charge in [0.2, 0.25) is 5.91 Å². The summed E-state index contributed by atoms with van der Waals surface area (Å²) in [6, 6.07) is 9.12. The third kappa shape index (κ3) is 3.34. The first-order valence-corrected chi connectivity index (χ1v) is 6.40. The Morgan fingerprint density at radius 1 is 1.32 bits per heavy atom. The van der Waals surface area contributed by atoms with Crippen LogP contribution in [0, 0.1) is 0 Å². The second-order valence-corrected chi connectivity index (χ2v) is 4.37. The molecule has 0 fully saturated rings. The molecular weight excluding hydrogens is 240 g/mol. The van der Waals surface area contributed by atoms with Crippen LogP contribution in [0.3, 0.4) is 0 Å². The number of rotatable bonds is 5. The highest BCUT2D eigenvalue weighted by molar-refractivity contribution is 5.90. The van der Waals surface area contributed by atoms with Crippen molar-refractivity contribution in [3.63, 3.8) is 0 Å². The van der Waals surface area contributed by atoms with Gasteiger partial charge in [-0.25, -0.2) is 4.68 Å². The molecule has 0 saturated carbocycles. The largest absolute Gasteiger partial charge is 0.399 e. The standard InChI is InChI=1S/C14H18N4O/c1-2-3-4-14(19)17-13-9-10-16-18(13)12-7-5-11(15)6-8-12/h5-10H,2-4,15H2,1H3,(H,17,19). The van der Waals surface area contributed by atoms with Crippen molar-refractivity contribution in [1.82, 2.24) is 9.78 Å². The summed E-state index contributed by atoms with van der Waals surface area (Å²) in [5, 5.41) is 7.08. The van der Waals surface area contributed by atoms with Crippen LogP contribution < -0.4 is 11.1 Å². The third-order valence-corrected chi connectivity index (χ3v) is 2.81. The lowest BCUT2D eigenvalue weighted by Crippen LogP contribution is -2.14. The van der Waals surface area contributed by atoms with Crippen LogP contribution in [0.5, 0.6) is 0 Å². The van der Waals surface area contributed by atoms with Gasteiger partial charge in [-0.2, -0.15) is 5.10 Å². The molecule has 0 saturated heterocycles. The number of hydrogen-bond donors (Lipinski definition) is 2. The molecule has 5 nitrogen and oxygen atoms in total. The molecule has 0 unspecified atom stereocenters. The topological polar surface area (TPSA) is 72.9 Å². The molecule has 1 aromatic heterocycles. The Morgan fingerprint density at radius 3 is 2.74 bits per heavy atom. The van der Waals surface area contributed by atoms with Gasteiger partial charge >= 0.3 is 0 Å². The van der Waals surface area contributed by atoms with E-state index in [4.69, 9.17) is 5.73 Å². The van der Waals surface area contributed by atoms with E-state index in [0.29, 0.717) is 17.9 Å². The van der Waals surface area contributed by atoms with Crippen LogP contribution >= 0.6 is 0 Å². The zero-order chi connectivity index (χ0) is 13.7. The van der Waals surface area contributed by atoms with Crippen LogP contribution in [0.2, 0.25) is 0 Å². The number of carbonyl (C=O) groups excluding carboxylic acids is 1. The Bertz CT molecular complexity index is 545. The highest BCUT2D eigenvalue weighted by Crippen LogP contribution is 2.16. The summed E-state index contributed by atoms with van der Waals surface area (Å²) < 4.78 is 1.68. The number of amides is 1. The normalized spacial score (nSPS) is 10.4. The molecule has 1 aromatic carbocycles. The van der Waals surface area contributed by atoms with Crippen molar-refractivity contribution < 1.29 is 4.79 Å². The number of anilines is 2. The van der Waals surface area contributed by atoms with E-state index in [0.717, 1.165) is 18.5 Å². The molecule has 2 aromatic rings. The average Bonchev–Trinajstić information content (AvgIpc) is 2.85. The predicted molar refractivity (Wildman–Crippen MR) is 76.1 cm³/mol. The summed E-state index contributed by atoms with van der Waals surface area (Å²) in [6.07, 6.45) is 4.09. The minimum atomic E-state index is 0.0130. The number of nitrogens with two attached hydrogens (primary N) is 1. The highest BCUT2D eigenvalue weighted by atomic mass is 16.1. The van der Waals surface area contributed by atoms with Crippen molar-refractivity contribution in [2.24, 2.45) is 0 Å². The summed E-state index contributed by atoms with van der Waals surface area (Å²) in [6.45, 7) is 2.06. The molecule has 0 aliphatic heterocycles. The van der Waals surface area contributed by atoms with Crippen molar-refractivity contribution in [3.8, 4) is 5.69 Å². The van der Waals surface area contributed by atoms with Gasteiger partial charge in [0.05, 0.1) is 11.9 Å². The molecule has 1 heterocycles. The van der Waals surface area contributed by atoms with E-state index in [2.05, 4.69) is 17.3 Å². The zero-order valence-corrected chi connectivity index (χ0v) is 11.0. The Labute approximate surface area is 112 Å². The quantitative estimate of drug-likeness (QED) is 0.809. The van der Waals surface area contributed by atoms with E-state index >= 15 is 0 Å². The first kappa shape index (κ1) is 13.1. The molecule has 2 rings (SSSR count). The summed E-state index contributed by atoms with van der Waals surface area (Å²) in [7, 11) is 0. The Morgan fingerprint density at radius 2 is 2.05 bits per heavy atom. The van der Waals surface area contributed by atoms with E-state index in [1.807, 2.05) is 12.1 Å². The first-order valence-electron chi connectivity index (χ1n) is 6.40. The molecule has 100 valence electrons. The number of carbonyl (C=O) groups is 1. The lowest BCUT2D eigenvalue weighted by Gasteiger charge is -2.09. The summed E-state index contributed by atoms with van der Waals surface area (Å²) >= 11 is 0. The van der Waals surface area contributed by atoms with Crippen LogP contribution in [0.25, 0.3) is 5.69 Å². The molecular formula is C14H18N4O. The molecule has 1 amide bonds. The maximum atomic E-state index is 11.7. The maximum absolute atomic E-state index is 11.7. The van der Waals surface area contributed by atoms with E-state index in [1.54, 1.807) is 29.1 Å². The summed E-state index contributed by atoms with van der Waals surface area (Å²) in [5.74, 6) is 0.685. The predicted octanol–water partition coefficient (Wildman–Crippen LogP) is 2.58. The minimum Gasteiger partial charge on any atom is -0.399 e. The second-order valence-electron chi connectivity index (χ2n) is 4.37. The fourth-order valence-electron chi connectivity index (χ4n) is 1.76. The smallest absolute Gasteiger partial charge is 0.225 e. The minimum absolute atomic E-state index is 0.0130. The number of nitrogen functional groups attached to an aromatic ring is 1. The summed E-state index contributed by atoms with van der Waals surface area (Å²) in [5.41, 5.74) is 7.22. The van der Waals surface area contributed by atoms with Crippen molar-refractivity contribution in [2.45, 2.75) is 26.2 Å². The van der Waals surface area contributed by atoms with Gasteiger partial charge < -0.3 is 11.1 Å². The fourth-order valence-corrected chi connectivity index (χ4v) is 1.76. The highest BCUT2D eigenvalue weighted by Gasteiger charge is 2.08. The van der Waals surface area contributed by atoms with Gasteiger partial charge in [-0.15, -0.1) is 0 Å². The molecule has 0 atom stereocenters. The number of aromatic nitrogens is 2. The molecule has 0 radical (unpaired) electrons. The summed E-state index contributed by atoms with van der Waals surface area (Å²) in [4.78, 5) is 11.7. The molecule has 0 aliphatic carbocycles. The van der Waals surface area contributed by atoms with Gasteiger partial charge in [0, 0.05) is 18.2 Å².